The van der Waals surface area contributed by atoms with Gasteiger partial charge in [-0.25, -0.2) is 0 Å². The molecule has 1 aliphatic rings. The van der Waals surface area contributed by atoms with Crippen molar-refractivity contribution >= 4 is 0 Å². The molecule has 0 atom stereocenters. The first-order valence-corrected chi connectivity index (χ1v) is 4.02. The molecule has 0 aromatic heterocycles. The van der Waals surface area contributed by atoms with Crippen molar-refractivity contribution in [2.75, 3.05) is 0 Å². The fraction of sp³-hybridized carbons (Fsp3) is 0.400. The highest BCUT2D eigenvalue weighted by atomic mass is 15.1. The van der Waals surface area contributed by atoms with Crippen LogP contribution in [0.5, 0.6) is 0 Å². The monoisotopic (exact) mass is 149 g/mol. The molecule has 0 saturated heterocycles. The van der Waals surface area contributed by atoms with E-state index in [1.165, 1.54) is 5.70 Å². The highest BCUT2D eigenvalue weighted by molar-refractivity contribution is 5.21. The standard InChI is InChI=1S/C10H15N/c1-9(2)11-8-6-4-5-7-10(11)3/h4-9H,1-3H3. The second kappa shape index (κ2) is 3.42. The molecule has 0 N–H and O–H groups in total. The van der Waals surface area contributed by atoms with Gasteiger partial charge in [0.25, 0.3) is 0 Å². The van der Waals surface area contributed by atoms with E-state index in [0.29, 0.717) is 6.04 Å². The summed E-state index contributed by atoms with van der Waals surface area (Å²) in [5, 5.41) is 0. The molecule has 1 heteroatoms. The van der Waals surface area contributed by atoms with Crippen LogP contribution in [0.2, 0.25) is 0 Å². The first-order valence-electron chi connectivity index (χ1n) is 4.02. The molecule has 0 bridgehead atoms. The lowest BCUT2D eigenvalue weighted by Crippen LogP contribution is -2.22. The lowest BCUT2D eigenvalue weighted by atomic mass is 10.3. The van der Waals surface area contributed by atoms with E-state index < -0.39 is 0 Å². The summed E-state index contributed by atoms with van der Waals surface area (Å²) in [7, 11) is 0. The summed E-state index contributed by atoms with van der Waals surface area (Å²) in [5.41, 5.74) is 1.30. The summed E-state index contributed by atoms with van der Waals surface area (Å²) in [6.07, 6.45) is 10.4. The minimum absolute atomic E-state index is 0.544. The first kappa shape index (κ1) is 8.12. The lowest BCUT2D eigenvalue weighted by Gasteiger charge is -2.24. The Morgan fingerprint density at radius 1 is 1.18 bits per heavy atom. The van der Waals surface area contributed by atoms with Crippen LogP contribution in [0.15, 0.2) is 36.2 Å². The molecule has 0 unspecified atom stereocenters. The third-order valence-electron chi connectivity index (χ3n) is 1.77. The van der Waals surface area contributed by atoms with Gasteiger partial charge < -0.3 is 4.90 Å². The van der Waals surface area contributed by atoms with Gasteiger partial charge in [0.15, 0.2) is 0 Å². The van der Waals surface area contributed by atoms with E-state index in [4.69, 9.17) is 0 Å². The Morgan fingerprint density at radius 2 is 1.91 bits per heavy atom. The molecule has 0 radical (unpaired) electrons. The fourth-order valence-corrected chi connectivity index (χ4v) is 1.18. The van der Waals surface area contributed by atoms with Crippen molar-refractivity contribution in [2.45, 2.75) is 26.8 Å². The summed E-state index contributed by atoms with van der Waals surface area (Å²) in [6.45, 7) is 6.50. The molecule has 60 valence electrons. The van der Waals surface area contributed by atoms with Gasteiger partial charge in [0.1, 0.15) is 0 Å². The number of nitrogens with zero attached hydrogens (tertiary/aromatic N) is 1. The number of allylic oxidation sites excluding steroid dienone is 5. The van der Waals surface area contributed by atoms with E-state index in [9.17, 15) is 0 Å². The maximum atomic E-state index is 2.25. The van der Waals surface area contributed by atoms with E-state index in [-0.39, 0.29) is 0 Å². The zero-order chi connectivity index (χ0) is 8.27. The summed E-state index contributed by atoms with van der Waals surface area (Å²) < 4.78 is 0. The molecular weight excluding hydrogens is 134 g/mol. The van der Waals surface area contributed by atoms with Crippen LogP contribution in [-0.4, -0.2) is 10.9 Å². The van der Waals surface area contributed by atoms with Crippen LogP contribution in [0.1, 0.15) is 20.8 Å². The molecule has 0 aromatic carbocycles. The fourth-order valence-electron chi connectivity index (χ4n) is 1.18. The van der Waals surface area contributed by atoms with Gasteiger partial charge in [0.05, 0.1) is 0 Å². The quantitative estimate of drug-likeness (QED) is 0.554. The van der Waals surface area contributed by atoms with Crippen LogP contribution in [0, 0.1) is 0 Å². The van der Waals surface area contributed by atoms with Gasteiger partial charge in [-0.15, -0.1) is 0 Å². The smallest absolute Gasteiger partial charge is 0.0276 e. The van der Waals surface area contributed by atoms with E-state index in [1.54, 1.807) is 0 Å². The molecule has 1 aliphatic heterocycles. The molecule has 1 rings (SSSR count). The zero-order valence-electron chi connectivity index (χ0n) is 7.41. The van der Waals surface area contributed by atoms with E-state index in [2.05, 4.69) is 50.1 Å². The van der Waals surface area contributed by atoms with E-state index in [0.717, 1.165) is 0 Å². The van der Waals surface area contributed by atoms with E-state index in [1.807, 2.05) is 6.08 Å². The van der Waals surface area contributed by atoms with Crippen molar-refractivity contribution in [3.8, 4) is 0 Å². The van der Waals surface area contributed by atoms with Crippen molar-refractivity contribution in [1.82, 2.24) is 4.90 Å². The highest BCUT2D eigenvalue weighted by Gasteiger charge is 2.05. The largest absolute Gasteiger partial charge is 0.349 e. The lowest BCUT2D eigenvalue weighted by molar-refractivity contribution is 0.386. The Morgan fingerprint density at radius 3 is 2.55 bits per heavy atom. The summed E-state index contributed by atoms with van der Waals surface area (Å²) in [4.78, 5) is 2.25. The maximum absolute atomic E-state index is 2.25. The first-order chi connectivity index (χ1) is 5.22. The minimum Gasteiger partial charge on any atom is -0.349 e. The van der Waals surface area contributed by atoms with Gasteiger partial charge in [-0.3, -0.25) is 0 Å². The summed E-state index contributed by atoms with van der Waals surface area (Å²) >= 11 is 0. The van der Waals surface area contributed by atoms with Crippen molar-refractivity contribution in [1.29, 1.82) is 0 Å². The SMILES string of the molecule is CC1=CC=CC=CN1C(C)C. The minimum atomic E-state index is 0.544. The third kappa shape index (κ3) is 1.97. The van der Waals surface area contributed by atoms with Crippen LogP contribution in [0.25, 0.3) is 0 Å². The zero-order valence-corrected chi connectivity index (χ0v) is 7.41. The molecule has 1 nitrogen and oxygen atoms in total. The van der Waals surface area contributed by atoms with Gasteiger partial charge in [-0.2, -0.15) is 0 Å². The summed E-state index contributed by atoms with van der Waals surface area (Å²) in [5.74, 6) is 0. The Bertz CT molecular complexity index is 209. The van der Waals surface area contributed by atoms with Crippen LogP contribution in [-0.2, 0) is 0 Å². The molecule has 0 fully saturated rings. The molecule has 0 spiro atoms. The van der Waals surface area contributed by atoms with Crippen LogP contribution < -0.4 is 0 Å². The molecule has 11 heavy (non-hydrogen) atoms. The molecule has 1 heterocycles. The summed E-state index contributed by atoms with van der Waals surface area (Å²) in [6, 6.07) is 0.544. The van der Waals surface area contributed by atoms with Gasteiger partial charge in [-0.1, -0.05) is 12.2 Å². The van der Waals surface area contributed by atoms with Gasteiger partial charge in [0, 0.05) is 17.9 Å². The average molecular weight is 149 g/mol. The molecule has 0 aromatic rings. The van der Waals surface area contributed by atoms with Crippen LogP contribution in [0.4, 0.5) is 0 Å². The predicted octanol–water partition coefficient (Wildman–Crippen LogP) is 2.68. The van der Waals surface area contributed by atoms with Crippen molar-refractivity contribution < 1.29 is 0 Å². The Kier molecular flexibility index (Phi) is 2.53. The van der Waals surface area contributed by atoms with Gasteiger partial charge >= 0.3 is 0 Å². The van der Waals surface area contributed by atoms with Gasteiger partial charge in [-0.05, 0) is 32.9 Å². The Balaban J connectivity index is 2.80. The van der Waals surface area contributed by atoms with Crippen molar-refractivity contribution in [2.24, 2.45) is 0 Å². The number of rotatable bonds is 1. The van der Waals surface area contributed by atoms with Gasteiger partial charge in [0.2, 0.25) is 0 Å². The third-order valence-corrected chi connectivity index (χ3v) is 1.77. The number of hydrogen-bond donors (Lipinski definition) is 0. The second-order valence-corrected chi connectivity index (χ2v) is 3.04. The Labute approximate surface area is 68.7 Å². The topological polar surface area (TPSA) is 3.24 Å². The molecule has 0 amide bonds. The van der Waals surface area contributed by atoms with Crippen molar-refractivity contribution in [3.63, 3.8) is 0 Å². The van der Waals surface area contributed by atoms with E-state index >= 15 is 0 Å². The molecule has 0 saturated carbocycles. The van der Waals surface area contributed by atoms with Crippen LogP contribution >= 0.6 is 0 Å². The van der Waals surface area contributed by atoms with Crippen molar-refractivity contribution in [3.05, 3.63) is 36.2 Å². The molecule has 0 aliphatic carbocycles. The Hall–Kier alpha value is -0.980. The average Bonchev–Trinajstić information content (AvgIpc) is 2.13. The predicted molar refractivity (Wildman–Crippen MR) is 49.0 cm³/mol. The number of hydrogen-bond acceptors (Lipinski definition) is 1. The molecular formula is C10H15N. The highest BCUT2D eigenvalue weighted by Crippen LogP contribution is 2.11. The maximum Gasteiger partial charge on any atom is 0.0276 e. The normalized spacial score (nSPS) is 17.1. The second-order valence-electron chi connectivity index (χ2n) is 3.04. The van der Waals surface area contributed by atoms with Crippen LogP contribution in [0.3, 0.4) is 0 Å².